The van der Waals surface area contributed by atoms with Crippen molar-refractivity contribution in [2.45, 2.75) is 25.4 Å². The second-order valence-corrected chi connectivity index (χ2v) is 7.42. The van der Waals surface area contributed by atoms with Gasteiger partial charge in [0.1, 0.15) is 28.8 Å². The predicted octanol–water partition coefficient (Wildman–Crippen LogP) is 4.60. The summed E-state index contributed by atoms with van der Waals surface area (Å²) in [5, 5.41) is 9.32. The number of pyridine rings is 2. The Labute approximate surface area is 187 Å². The molecule has 2 N–H and O–H groups in total. The molecular weight excluding hydrogens is 439 g/mol. The molecule has 1 aromatic carbocycles. The summed E-state index contributed by atoms with van der Waals surface area (Å²) in [4.78, 5) is 20.6. The van der Waals surface area contributed by atoms with Crippen molar-refractivity contribution in [3.63, 3.8) is 0 Å². The zero-order valence-electron chi connectivity index (χ0n) is 17.6. The summed E-state index contributed by atoms with van der Waals surface area (Å²) in [5.74, 6) is -4.47. The smallest absolute Gasteiger partial charge is 0.293 e. The van der Waals surface area contributed by atoms with Gasteiger partial charge >= 0.3 is 0 Å². The van der Waals surface area contributed by atoms with Crippen molar-refractivity contribution in [1.82, 2.24) is 15.4 Å². The first-order valence-corrected chi connectivity index (χ1v) is 10.2. The minimum absolute atomic E-state index is 0.0251. The van der Waals surface area contributed by atoms with Crippen LogP contribution < -0.4 is 10.2 Å². The molecule has 7 nitrogen and oxygen atoms in total. The quantitative estimate of drug-likeness (QED) is 0.428. The second kappa shape index (κ2) is 9.55. The molecule has 0 radical (unpaired) electrons. The normalized spacial score (nSPS) is 15.8. The fourth-order valence-corrected chi connectivity index (χ4v) is 3.93. The minimum Gasteiger partial charge on any atom is -0.497 e. The molecule has 0 aliphatic carbocycles. The lowest BCUT2D eigenvalue weighted by atomic mass is 9.90. The fraction of sp³-hybridized carbons (Fsp3) is 0.261. The van der Waals surface area contributed by atoms with Gasteiger partial charge in [0, 0.05) is 47.8 Å². The van der Waals surface area contributed by atoms with Gasteiger partial charge in [0.05, 0.1) is 18.8 Å². The lowest BCUT2D eigenvalue weighted by Gasteiger charge is -2.27. The summed E-state index contributed by atoms with van der Waals surface area (Å²) in [6, 6.07) is 4.93. The maximum absolute atomic E-state index is 16.1. The molecular formula is C23H20F3N3O4. The summed E-state index contributed by atoms with van der Waals surface area (Å²) in [6.07, 6.45) is 3.99. The number of rotatable bonds is 5. The van der Waals surface area contributed by atoms with Crippen molar-refractivity contribution >= 4 is 5.91 Å². The van der Waals surface area contributed by atoms with Gasteiger partial charge in [-0.15, -0.1) is 0 Å². The average molecular weight is 459 g/mol. The van der Waals surface area contributed by atoms with Crippen LogP contribution in [0.15, 0.2) is 36.7 Å². The number of aromatic nitrogens is 2. The number of benzene rings is 1. The predicted molar refractivity (Wildman–Crippen MR) is 111 cm³/mol. The molecule has 0 saturated carbocycles. The first kappa shape index (κ1) is 22.7. The number of halogens is 3. The van der Waals surface area contributed by atoms with Gasteiger partial charge in [-0.05, 0) is 25.3 Å². The van der Waals surface area contributed by atoms with Crippen molar-refractivity contribution in [3.05, 3.63) is 65.4 Å². The third-order valence-electron chi connectivity index (χ3n) is 5.43. The molecule has 10 heteroatoms. The number of methoxy groups -OCH3 is 1. The number of hydroxylamine groups is 1. The van der Waals surface area contributed by atoms with Crippen LogP contribution in [-0.2, 0) is 4.74 Å². The third kappa shape index (κ3) is 4.27. The van der Waals surface area contributed by atoms with Crippen LogP contribution in [0.1, 0.15) is 41.4 Å². The van der Waals surface area contributed by atoms with Gasteiger partial charge in [-0.3, -0.25) is 15.0 Å². The summed E-state index contributed by atoms with van der Waals surface area (Å²) in [6.45, 7) is 0.348. The van der Waals surface area contributed by atoms with Crippen molar-refractivity contribution in [2.24, 2.45) is 0 Å². The number of carbonyl (C=O) groups is 1. The van der Waals surface area contributed by atoms with Gasteiger partial charge in [-0.1, -0.05) is 6.07 Å². The van der Waals surface area contributed by atoms with E-state index in [4.69, 9.17) is 9.47 Å². The number of hydrogen-bond donors (Lipinski definition) is 2. The van der Waals surface area contributed by atoms with Crippen LogP contribution in [0.4, 0.5) is 13.2 Å². The molecule has 1 amide bonds. The van der Waals surface area contributed by atoms with Gasteiger partial charge in [-0.25, -0.2) is 23.6 Å². The summed E-state index contributed by atoms with van der Waals surface area (Å²) >= 11 is 0. The maximum atomic E-state index is 16.1. The van der Waals surface area contributed by atoms with Gasteiger partial charge < -0.3 is 9.47 Å². The molecule has 33 heavy (non-hydrogen) atoms. The van der Waals surface area contributed by atoms with Gasteiger partial charge in [-0.2, -0.15) is 0 Å². The molecule has 1 saturated heterocycles. The standard InChI is InChI=1S/C23H20F3N3O4/c1-32-13-9-14(24)18(15(25)10-13)21-20(26)19(16-6-2-3-8-33-16)17(12-5-4-7-27-11-12)22(28-21)23(30)29-31/h4-5,7,9-11,16,31H,2-3,6,8H2,1H3,(H,29,30). The summed E-state index contributed by atoms with van der Waals surface area (Å²) < 4.78 is 56.4. The molecule has 2 aromatic heterocycles. The number of ether oxygens (including phenoxy) is 2. The molecule has 172 valence electrons. The Morgan fingerprint density at radius 3 is 2.55 bits per heavy atom. The number of hydrogen-bond acceptors (Lipinski definition) is 6. The fourth-order valence-electron chi connectivity index (χ4n) is 3.93. The molecule has 3 aromatic rings. The van der Waals surface area contributed by atoms with E-state index < -0.39 is 46.4 Å². The molecule has 1 atom stereocenters. The van der Waals surface area contributed by atoms with Crippen LogP contribution in [0.25, 0.3) is 22.4 Å². The van der Waals surface area contributed by atoms with Gasteiger partial charge in [0.2, 0.25) is 0 Å². The van der Waals surface area contributed by atoms with Crippen molar-refractivity contribution < 1.29 is 32.6 Å². The van der Waals surface area contributed by atoms with E-state index in [0.717, 1.165) is 25.0 Å². The van der Waals surface area contributed by atoms with E-state index in [2.05, 4.69) is 9.97 Å². The van der Waals surface area contributed by atoms with Crippen LogP contribution in [-0.4, -0.2) is 34.8 Å². The van der Waals surface area contributed by atoms with E-state index in [9.17, 15) is 18.8 Å². The largest absolute Gasteiger partial charge is 0.497 e. The Morgan fingerprint density at radius 2 is 1.97 bits per heavy atom. The van der Waals surface area contributed by atoms with Crippen LogP contribution in [0.3, 0.4) is 0 Å². The van der Waals surface area contributed by atoms with Crippen molar-refractivity contribution in [2.75, 3.05) is 13.7 Å². The Kier molecular flexibility index (Phi) is 6.57. The lowest BCUT2D eigenvalue weighted by molar-refractivity contribution is 0.0131. The maximum Gasteiger partial charge on any atom is 0.293 e. The Morgan fingerprint density at radius 1 is 1.21 bits per heavy atom. The van der Waals surface area contributed by atoms with Crippen LogP contribution >= 0.6 is 0 Å². The van der Waals surface area contributed by atoms with E-state index in [-0.39, 0.29) is 16.9 Å². The first-order chi connectivity index (χ1) is 16.0. The highest BCUT2D eigenvalue weighted by Gasteiger charge is 2.33. The molecule has 1 unspecified atom stereocenters. The molecule has 1 aliphatic heterocycles. The van der Waals surface area contributed by atoms with Crippen LogP contribution in [0, 0.1) is 17.5 Å². The lowest BCUT2D eigenvalue weighted by Crippen LogP contribution is -2.24. The Hall–Kier alpha value is -3.50. The molecule has 3 heterocycles. The topological polar surface area (TPSA) is 93.6 Å². The van der Waals surface area contributed by atoms with Crippen molar-refractivity contribution in [3.8, 4) is 28.1 Å². The van der Waals surface area contributed by atoms with E-state index in [0.29, 0.717) is 18.6 Å². The molecule has 1 aliphatic rings. The van der Waals surface area contributed by atoms with E-state index in [1.165, 1.54) is 25.0 Å². The molecule has 1 fully saturated rings. The number of nitrogens with zero attached hydrogens (tertiary/aromatic N) is 2. The molecule has 4 rings (SSSR count). The van der Waals surface area contributed by atoms with E-state index in [1.54, 1.807) is 12.1 Å². The average Bonchev–Trinajstić information content (AvgIpc) is 2.84. The summed E-state index contributed by atoms with van der Waals surface area (Å²) in [7, 11) is 1.23. The highest BCUT2D eigenvalue weighted by Crippen LogP contribution is 2.42. The van der Waals surface area contributed by atoms with Gasteiger partial charge in [0.25, 0.3) is 5.91 Å². The monoisotopic (exact) mass is 459 g/mol. The Bertz CT molecular complexity index is 1160. The van der Waals surface area contributed by atoms with Gasteiger partial charge in [0.15, 0.2) is 5.82 Å². The number of carbonyl (C=O) groups excluding carboxylic acids is 1. The first-order valence-electron chi connectivity index (χ1n) is 10.2. The molecule has 0 spiro atoms. The second-order valence-electron chi connectivity index (χ2n) is 7.42. The number of nitrogens with one attached hydrogen (secondary N) is 1. The molecule has 0 bridgehead atoms. The Balaban J connectivity index is 2.08. The van der Waals surface area contributed by atoms with E-state index in [1.807, 2.05) is 0 Å². The zero-order valence-corrected chi connectivity index (χ0v) is 17.6. The number of amides is 1. The third-order valence-corrected chi connectivity index (χ3v) is 5.43. The van der Waals surface area contributed by atoms with Crippen LogP contribution in [0.5, 0.6) is 5.75 Å². The van der Waals surface area contributed by atoms with Crippen molar-refractivity contribution in [1.29, 1.82) is 0 Å². The minimum atomic E-state index is -1.13. The highest BCUT2D eigenvalue weighted by atomic mass is 19.1. The zero-order chi connectivity index (χ0) is 23.5. The highest BCUT2D eigenvalue weighted by molar-refractivity contribution is 6.00. The summed E-state index contributed by atoms with van der Waals surface area (Å²) in [5.41, 5.74) is -0.173. The SMILES string of the molecule is COc1cc(F)c(-c2nc(C(=O)NO)c(-c3cccnc3)c(C3CCCCO3)c2F)c(F)c1. The van der Waals surface area contributed by atoms with Crippen LogP contribution in [0.2, 0.25) is 0 Å². The van der Waals surface area contributed by atoms with E-state index >= 15 is 4.39 Å².